The van der Waals surface area contributed by atoms with Gasteiger partial charge in [-0.25, -0.2) is 9.37 Å². The summed E-state index contributed by atoms with van der Waals surface area (Å²) < 4.78 is 54.4. The van der Waals surface area contributed by atoms with Gasteiger partial charge in [-0.05, 0) is 55.3 Å². The molecule has 3 heterocycles. The molecule has 10 heteroatoms. The number of alkyl halides is 3. The molecule has 0 fully saturated rings. The van der Waals surface area contributed by atoms with Crippen LogP contribution < -0.4 is 5.56 Å². The Bertz CT molecular complexity index is 1700. The zero-order chi connectivity index (χ0) is 27.7. The van der Waals surface area contributed by atoms with E-state index in [1.807, 2.05) is 30.3 Å². The minimum atomic E-state index is -4.54. The van der Waals surface area contributed by atoms with Crippen molar-refractivity contribution in [2.45, 2.75) is 26.1 Å². The van der Waals surface area contributed by atoms with Crippen LogP contribution in [0.15, 0.2) is 83.8 Å². The predicted octanol–water partition coefficient (Wildman–Crippen LogP) is 7.12. The number of aromatic nitrogens is 3. The van der Waals surface area contributed by atoms with Gasteiger partial charge in [-0.1, -0.05) is 36.4 Å². The van der Waals surface area contributed by atoms with Crippen LogP contribution in [-0.4, -0.2) is 19.6 Å². The minimum Gasteiger partial charge on any atom is -0.504 e. The number of phenols is 1. The maximum absolute atomic E-state index is 14.2. The second-order valence-electron chi connectivity index (χ2n) is 8.82. The molecule has 0 unspecified atom stereocenters. The fourth-order valence-corrected chi connectivity index (χ4v) is 5.36. The molecule has 5 nitrogen and oxygen atoms in total. The van der Waals surface area contributed by atoms with Crippen molar-refractivity contribution in [2.24, 2.45) is 0 Å². The summed E-state index contributed by atoms with van der Waals surface area (Å²) in [6.45, 7) is 1.87. The van der Waals surface area contributed by atoms with Crippen molar-refractivity contribution >= 4 is 11.3 Å². The van der Waals surface area contributed by atoms with E-state index in [2.05, 4.69) is 9.97 Å². The van der Waals surface area contributed by atoms with Gasteiger partial charge in [0.05, 0.1) is 16.8 Å². The van der Waals surface area contributed by atoms with Crippen LogP contribution in [0.5, 0.6) is 5.75 Å². The van der Waals surface area contributed by atoms with Gasteiger partial charge in [0.2, 0.25) is 0 Å². The number of thiophene rings is 1. The Kier molecular flexibility index (Phi) is 7.05. The van der Waals surface area contributed by atoms with Crippen molar-refractivity contribution in [2.75, 3.05) is 0 Å². The molecule has 3 aromatic heterocycles. The first-order valence-electron chi connectivity index (χ1n) is 11.9. The van der Waals surface area contributed by atoms with Gasteiger partial charge in [0.25, 0.3) is 5.56 Å². The van der Waals surface area contributed by atoms with Crippen molar-refractivity contribution in [3.05, 3.63) is 112 Å². The van der Waals surface area contributed by atoms with Crippen molar-refractivity contribution in [1.82, 2.24) is 14.5 Å². The molecule has 0 atom stereocenters. The van der Waals surface area contributed by atoms with E-state index in [-0.39, 0.29) is 23.5 Å². The van der Waals surface area contributed by atoms with Crippen LogP contribution in [0.1, 0.15) is 17.0 Å². The highest BCUT2D eigenvalue weighted by Crippen LogP contribution is 2.37. The van der Waals surface area contributed by atoms with E-state index in [0.717, 1.165) is 23.9 Å². The molecule has 0 spiro atoms. The third-order valence-electron chi connectivity index (χ3n) is 6.24. The van der Waals surface area contributed by atoms with Gasteiger partial charge >= 0.3 is 6.18 Å². The van der Waals surface area contributed by atoms with Gasteiger partial charge in [0.15, 0.2) is 11.6 Å². The normalized spacial score (nSPS) is 11.6. The number of benzene rings is 2. The van der Waals surface area contributed by atoms with E-state index in [4.69, 9.17) is 0 Å². The number of aromatic hydroxyl groups is 1. The first kappa shape index (κ1) is 26.3. The van der Waals surface area contributed by atoms with E-state index in [0.29, 0.717) is 33.0 Å². The Morgan fingerprint density at radius 1 is 0.949 bits per heavy atom. The molecule has 0 saturated carbocycles. The smallest absolute Gasteiger partial charge is 0.433 e. The van der Waals surface area contributed by atoms with Crippen LogP contribution in [0.4, 0.5) is 17.6 Å². The monoisotopic (exact) mass is 551 g/mol. The van der Waals surface area contributed by atoms with E-state index >= 15 is 0 Å². The topological polar surface area (TPSA) is 68.0 Å². The summed E-state index contributed by atoms with van der Waals surface area (Å²) in [4.78, 5) is 23.3. The minimum absolute atomic E-state index is 0.0949. The Labute approximate surface area is 224 Å². The lowest BCUT2D eigenvalue weighted by atomic mass is 10.1. The number of pyridine rings is 1. The number of nitrogens with zero attached hydrogens (tertiary/aromatic N) is 3. The Morgan fingerprint density at radius 3 is 2.38 bits per heavy atom. The highest BCUT2D eigenvalue weighted by Gasteiger charge is 2.32. The van der Waals surface area contributed by atoms with E-state index in [1.54, 1.807) is 19.1 Å². The highest BCUT2D eigenvalue weighted by atomic mass is 32.1. The fraction of sp³-hybridized carbons (Fsp3) is 0.138. The lowest BCUT2D eigenvalue weighted by Crippen LogP contribution is -2.27. The number of rotatable bonds is 6. The molecule has 0 radical (unpaired) electrons. The van der Waals surface area contributed by atoms with E-state index in [9.17, 15) is 27.5 Å². The molecule has 5 rings (SSSR count). The molecule has 198 valence electrons. The number of hydrogen-bond donors (Lipinski definition) is 1. The standard InChI is InChI=1S/C29H21F4N3O2S/c1-17-25(23-12-11-22(39-23)19-10-13-24(34-16-19)29(31,32)33)28(38)36(15-14-18-6-3-2-4-7-18)27(35-17)20-8-5-9-21(30)26(20)37/h2-13,16,37H,14-15H2,1H3. The van der Waals surface area contributed by atoms with Gasteiger partial charge in [0, 0.05) is 28.1 Å². The second kappa shape index (κ2) is 10.5. The summed E-state index contributed by atoms with van der Waals surface area (Å²) in [6.07, 6.45) is -2.90. The molecule has 0 saturated heterocycles. The van der Waals surface area contributed by atoms with Gasteiger partial charge in [-0.2, -0.15) is 13.2 Å². The summed E-state index contributed by atoms with van der Waals surface area (Å²) in [5.74, 6) is -1.29. The van der Waals surface area contributed by atoms with E-state index < -0.39 is 23.4 Å². The van der Waals surface area contributed by atoms with Crippen molar-refractivity contribution in [3.8, 4) is 38.0 Å². The molecule has 1 N–H and O–H groups in total. The van der Waals surface area contributed by atoms with Crippen LogP contribution in [0.25, 0.3) is 32.3 Å². The fourth-order valence-electron chi connectivity index (χ4n) is 4.27. The van der Waals surface area contributed by atoms with Crippen molar-refractivity contribution in [1.29, 1.82) is 0 Å². The molecule has 0 bridgehead atoms. The van der Waals surface area contributed by atoms with Gasteiger partial charge in [0.1, 0.15) is 11.5 Å². The highest BCUT2D eigenvalue weighted by molar-refractivity contribution is 7.18. The van der Waals surface area contributed by atoms with Gasteiger partial charge in [-0.3, -0.25) is 14.3 Å². The number of hydrogen-bond acceptors (Lipinski definition) is 5. The quantitative estimate of drug-likeness (QED) is 0.228. The largest absolute Gasteiger partial charge is 0.504 e. The van der Waals surface area contributed by atoms with Gasteiger partial charge < -0.3 is 5.11 Å². The number of halogens is 4. The molecule has 0 amide bonds. The SMILES string of the molecule is Cc1nc(-c2cccc(F)c2O)n(CCc2ccccc2)c(=O)c1-c1ccc(-c2ccc(C(F)(F)F)nc2)s1. The van der Waals surface area contributed by atoms with Crippen LogP contribution in [0.3, 0.4) is 0 Å². The second-order valence-corrected chi connectivity index (χ2v) is 9.90. The average Bonchev–Trinajstić information content (AvgIpc) is 3.39. The lowest BCUT2D eigenvalue weighted by molar-refractivity contribution is -0.141. The van der Waals surface area contributed by atoms with Crippen molar-refractivity contribution < 1.29 is 22.7 Å². The molecular weight excluding hydrogens is 530 g/mol. The summed E-state index contributed by atoms with van der Waals surface area (Å²) in [7, 11) is 0. The summed E-state index contributed by atoms with van der Waals surface area (Å²) in [5, 5.41) is 10.4. The molecular formula is C29H21F4N3O2S. The van der Waals surface area contributed by atoms with Crippen LogP contribution in [0.2, 0.25) is 0 Å². The van der Waals surface area contributed by atoms with Crippen LogP contribution >= 0.6 is 11.3 Å². The zero-order valence-corrected chi connectivity index (χ0v) is 21.4. The Hall–Kier alpha value is -4.31. The predicted molar refractivity (Wildman–Crippen MR) is 142 cm³/mol. The molecule has 0 aliphatic carbocycles. The summed E-state index contributed by atoms with van der Waals surface area (Å²) in [5.41, 5.74) is 0.881. The van der Waals surface area contributed by atoms with Crippen LogP contribution in [-0.2, 0) is 19.1 Å². The third-order valence-corrected chi connectivity index (χ3v) is 7.39. The van der Waals surface area contributed by atoms with Gasteiger partial charge in [-0.15, -0.1) is 11.3 Å². The molecule has 39 heavy (non-hydrogen) atoms. The number of phenolic OH excluding ortho intramolecular Hbond substituents is 1. The molecule has 2 aromatic carbocycles. The maximum Gasteiger partial charge on any atom is 0.433 e. The first-order valence-corrected chi connectivity index (χ1v) is 12.7. The average molecular weight is 552 g/mol. The zero-order valence-electron chi connectivity index (χ0n) is 20.5. The Morgan fingerprint density at radius 2 is 1.69 bits per heavy atom. The Balaban J connectivity index is 1.59. The maximum atomic E-state index is 14.2. The summed E-state index contributed by atoms with van der Waals surface area (Å²) in [6, 6.07) is 19.3. The van der Waals surface area contributed by atoms with Crippen LogP contribution in [0, 0.1) is 12.7 Å². The lowest BCUT2D eigenvalue weighted by Gasteiger charge is -2.16. The van der Waals surface area contributed by atoms with Crippen molar-refractivity contribution in [3.63, 3.8) is 0 Å². The molecule has 0 aliphatic heterocycles. The van der Waals surface area contributed by atoms with E-state index in [1.165, 1.54) is 34.1 Å². The number of para-hydroxylation sites is 1. The summed E-state index contributed by atoms with van der Waals surface area (Å²) >= 11 is 1.23. The molecule has 0 aliphatic rings. The number of aryl methyl sites for hydroxylation is 2. The molecule has 5 aromatic rings. The first-order chi connectivity index (χ1) is 18.6. The third kappa shape index (κ3) is 5.33.